The Morgan fingerprint density at radius 2 is 1.81 bits per heavy atom. The summed E-state index contributed by atoms with van der Waals surface area (Å²) in [6.07, 6.45) is 3.71. The van der Waals surface area contributed by atoms with Gasteiger partial charge in [-0.3, -0.25) is 4.79 Å². The molecule has 0 aromatic heterocycles. The topological polar surface area (TPSA) is 54.5 Å². The summed E-state index contributed by atoms with van der Waals surface area (Å²) in [5.41, 5.74) is 2.99. The van der Waals surface area contributed by atoms with Crippen LogP contribution >= 0.6 is 11.6 Å². The number of halogens is 1. The SMILES string of the molecule is Cc1ccc(CN(C(=O)/C=C/c2ccc(Cl)cc2)C2CCS(=O)(=O)C2)cc1. The van der Waals surface area contributed by atoms with Crippen molar-refractivity contribution < 1.29 is 13.2 Å². The van der Waals surface area contributed by atoms with Crippen LogP contribution in [0.5, 0.6) is 0 Å². The summed E-state index contributed by atoms with van der Waals surface area (Å²) >= 11 is 5.88. The zero-order chi connectivity index (χ0) is 19.4. The van der Waals surface area contributed by atoms with Crippen LogP contribution in [0.3, 0.4) is 0 Å². The van der Waals surface area contributed by atoms with Crippen molar-refractivity contribution in [3.05, 3.63) is 76.3 Å². The molecule has 142 valence electrons. The van der Waals surface area contributed by atoms with Crippen LogP contribution in [0.1, 0.15) is 23.1 Å². The van der Waals surface area contributed by atoms with E-state index in [1.165, 1.54) is 6.08 Å². The molecule has 0 spiro atoms. The van der Waals surface area contributed by atoms with Gasteiger partial charge in [0.05, 0.1) is 11.5 Å². The maximum absolute atomic E-state index is 12.9. The lowest BCUT2D eigenvalue weighted by atomic mass is 10.1. The summed E-state index contributed by atoms with van der Waals surface area (Å²) in [7, 11) is -3.08. The summed E-state index contributed by atoms with van der Waals surface area (Å²) < 4.78 is 23.8. The van der Waals surface area contributed by atoms with E-state index in [-0.39, 0.29) is 23.5 Å². The van der Waals surface area contributed by atoms with Crippen LogP contribution < -0.4 is 0 Å². The number of amides is 1. The summed E-state index contributed by atoms with van der Waals surface area (Å²) in [5.74, 6) is -0.0251. The molecule has 27 heavy (non-hydrogen) atoms. The minimum Gasteiger partial charge on any atom is -0.331 e. The number of hydrogen-bond donors (Lipinski definition) is 0. The van der Waals surface area contributed by atoms with Crippen LogP contribution in [0.2, 0.25) is 5.02 Å². The molecule has 0 radical (unpaired) electrons. The maximum Gasteiger partial charge on any atom is 0.247 e. The van der Waals surface area contributed by atoms with E-state index in [1.54, 1.807) is 23.1 Å². The van der Waals surface area contributed by atoms with Crippen LogP contribution in [-0.2, 0) is 21.2 Å². The lowest BCUT2D eigenvalue weighted by molar-refractivity contribution is -0.128. The molecule has 6 heteroatoms. The first-order valence-corrected chi connectivity index (χ1v) is 11.0. The predicted octanol–water partition coefficient (Wildman–Crippen LogP) is 3.88. The molecule has 1 aliphatic rings. The Bertz CT molecular complexity index is 934. The highest BCUT2D eigenvalue weighted by Crippen LogP contribution is 2.21. The van der Waals surface area contributed by atoms with E-state index in [1.807, 2.05) is 43.3 Å². The van der Waals surface area contributed by atoms with Crippen molar-refractivity contribution in [1.29, 1.82) is 0 Å². The fraction of sp³-hybridized carbons (Fsp3) is 0.286. The molecule has 1 heterocycles. The van der Waals surface area contributed by atoms with Gasteiger partial charge in [0.1, 0.15) is 0 Å². The predicted molar refractivity (Wildman–Crippen MR) is 109 cm³/mol. The number of hydrogen-bond acceptors (Lipinski definition) is 3. The highest BCUT2D eigenvalue weighted by atomic mass is 35.5. The molecule has 4 nitrogen and oxygen atoms in total. The van der Waals surface area contributed by atoms with Crippen molar-refractivity contribution in [2.45, 2.75) is 25.9 Å². The van der Waals surface area contributed by atoms with Crippen LogP contribution in [0.4, 0.5) is 0 Å². The van der Waals surface area contributed by atoms with Crippen molar-refractivity contribution in [3.8, 4) is 0 Å². The second-order valence-electron chi connectivity index (χ2n) is 6.89. The second-order valence-corrected chi connectivity index (χ2v) is 9.56. The van der Waals surface area contributed by atoms with Crippen LogP contribution in [0.25, 0.3) is 6.08 Å². The number of aryl methyl sites for hydroxylation is 1. The maximum atomic E-state index is 12.9. The van der Waals surface area contributed by atoms with Gasteiger partial charge in [0.2, 0.25) is 5.91 Å². The lowest BCUT2D eigenvalue weighted by Crippen LogP contribution is -2.39. The van der Waals surface area contributed by atoms with Crippen molar-refractivity contribution in [3.63, 3.8) is 0 Å². The van der Waals surface area contributed by atoms with Crippen LogP contribution in [0.15, 0.2) is 54.6 Å². The average molecular weight is 404 g/mol. The van der Waals surface area contributed by atoms with Crippen molar-refractivity contribution in [1.82, 2.24) is 4.90 Å². The van der Waals surface area contributed by atoms with E-state index in [0.29, 0.717) is 18.0 Å². The molecule has 1 atom stereocenters. The third-order valence-corrected chi connectivity index (χ3v) is 6.70. The number of nitrogens with zero attached hydrogens (tertiary/aromatic N) is 1. The quantitative estimate of drug-likeness (QED) is 0.712. The summed E-state index contributed by atoms with van der Waals surface area (Å²) in [4.78, 5) is 14.5. The first-order valence-electron chi connectivity index (χ1n) is 8.83. The molecule has 2 aromatic rings. The Hall–Kier alpha value is -2.11. The monoisotopic (exact) mass is 403 g/mol. The summed E-state index contributed by atoms with van der Waals surface area (Å²) in [6.45, 7) is 2.40. The van der Waals surface area contributed by atoms with E-state index in [4.69, 9.17) is 11.6 Å². The highest BCUT2D eigenvalue weighted by molar-refractivity contribution is 7.91. The second kappa shape index (κ2) is 8.28. The number of rotatable bonds is 5. The Morgan fingerprint density at radius 1 is 1.15 bits per heavy atom. The fourth-order valence-electron chi connectivity index (χ4n) is 3.14. The molecule has 1 aliphatic heterocycles. The number of benzene rings is 2. The van der Waals surface area contributed by atoms with Crippen molar-refractivity contribution >= 4 is 33.4 Å². The minimum atomic E-state index is -3.08. The third-order valence-electron chi connectivity index (χ3n) is 4.69. The third kappa shape index (κ3) is 5.44. The number of carbonyl (C=O) groups excluding carboxylic acids is 1. The van der Waals surface area contributed by atoms with E-state index in [2.05, 4.69) is 0 Å². The minimum absolute atomic E-state index is 0.0272. The first kappa shape index (κ1) is 19.6. The van der Waals surface area contributed by atoms with Crippen molar-refractivity contribution in [2.24, 2.45) is 0 Å². The Kier molecular flexibility index (Phi) is 6.02. The van der Waals surface area contributed by atoms with Gasteiger partial charge in [0, 0.05) is 23.7 Å². The molecule has 3 rings (SSSR count). The van der Waals surface area contributed by atoms with E-state index in [9.17, 15) is 13.2 Å². The molecule has 2 aromatic carbocycles. The fourth-order valence-corrected chi connectivity index (χ4v) is 4.99. The molecular formula is C21H22ClNO3S. The van der Waals surface area contributed by atoms with Crippen molar-refractivity contribution in [2.75, 3.05) is 11.5 Å². The normalized spacial score (nSPS) is 18.7. The Balaban J connectivity index is 1.80. The molecule has 0 aliphatic carbocycles. The highest BCUT2D eigenvalue weighted by Gasteiger charge is 2.34. The average Bonchev–Trinajstić information content (AvgIpc) is 3.00. The van der Waals surface area contributed by atoms with Gasteiger partial charge in [-0.05, 0) is 42.7 Å². The zero-order valence-corrected chi connectivity index (χ0v) is 16.7. The van der Waals surface area contributed by atoms with E-state index in [0.717, 1.165) is 16.7 Å². The lowest BCUT2D eigenvalue weighted by Gasteiger charge is -2.27. The van der Waals surface area contributed by atoms with Gasteiger partial charge in [0.25, 0.3) is 0 Å². The van der Waals surface area contributed by atoms with E-state index >= 15 is 0 Å². The van der Waals surface area contributed by atoms with E-state index < -0.39 is 9.84 Å². The van der Waals surface area contributed by atoms with Gasteiger partial charge in [-0.25, -0.2) is 8.42 Å². The molecule has 0 N–H and O–H groups in total. The molecule has 0 bridgehead atoms. The number of carbonyl (C=O) groups is 1. The molecule has 1 amide bonds. The first-order chi connectivity index (χ1) is 12.8. The summed E-state index contributed by atoms with van der Waals surface area (Å²) in [5, 5.41) is 0.635. The molecule has 0 saturated carbocycles. The van der Waals surface area contributed by atoms with Gasteiger partial charge < -0.3 is 4.90 Å². The van der Waals surface area contributed by atoms with Crippen LogP contribution in [-0.4, -0.2) is 36.8 Å². The van der Waals surface area contributed by atoms with Crippen LogP contribution in [0, 0.1) is 6.92 Å². The standard InChI is InChI=1S/C21H22ClNO3S/c1-16-2-4-18(5-3-16)14-23(20-12-13-27(25,26)15-20)21(24)11-8-17-6-9-19(22)10-7-17/h2-11,20H,12-15H2,1H3/b11-8+. The Morgan fingerprint density at radius 3 is 2.41 bits per heavy atom. The Labute approximate surface area is 165 Å². The smallest absolute Gasteiger partial charge is 0.247 e. The molecule has 1 fully saturated rings. The largest absolute Gasteiger partial charge is 0.331 e. The molecule has 1 saturated heterocycles. The molecule has 1 unspecified atom stereocenters. The van der Waals surface area contributed by atoms with Gasteiger partial charge in [-0.2, -0.15) is 0 Å². The zero-order valence-electron chi connectivity index (χ0n) is 15.1. The number of sulfone groups is 1. The summed E-state index contributed by atoms with van der Waals surface area (Å²) in [6, 6.07) is 14.8. The van der Waals surface area contributed by atoms with Gasteiger partial charge in [-0.15, -0.1) is 0 Å². The van der Waals surface area contributed by atoms with Gasteiger partial charge in [0.15, 0.2) is 9.84 Å². The molecular weight excluding hydrogens is 382 g/mol. The van der Waals surface area contributed by atoms with Gasteiger partial charge in [-0.1, -0.05) is 53.6 Å². The van der Waals surface area contributed by atoms with Gasteiger partial charge >= 0.3 is 0 Å².